The molecular weight excluding hydrogens is 212 g/mol. The highest BCUT2D eigenvalue weighted by Gasteiger charge is 2.20. The van der Waals surface area contributed by atoms with Gasteiger partial charge in [0.2, 0.25) is 6.29 Å². The second-order valence-corrected chi connectivity index (χ2v) is 4.05. The van der Waals surface area contributed by atoms with Crippen molar-refractivity contribution in [1.29, 1.82) is 0 Å². The Bertz CT molecular complexity index is 573. The summed E-state index contributed by atoms with van der Waals surface area (Å²) in [5.41, 5.74) is 4.96. The quantitative estimate of drug-likeness (QED) is 0.682. The molecule has 1 aliphatic rings. The summed E-state index contributed by atoms with van der Waals surface area (Å²) in [6.45, 7) is -0.00714. The zero-order valence-corrected chi connectivity index (χ0v) is 9.27. The van der Waals surface area contributed by atoms with Gasteiger partial charge in [0.05, 0.1) is 0 Å². The normalized spacial score (nSPS) is 11.8. The van der Waals surface area contributed by atoms with Crippen LogP contribution in [0.15, 0.2) is 42.5 Å². The number of benzene rings is 2. The Kier molecular flexibility index (Phi) is 2.41. The molecule has 0 bridgehead atoms. The first-order valence-corrected chi connectivity index (χ1v) is 5.58. The summed E-state index contributed by atoms with van der Waals surface area (Å²) in [6.07, 6.45) is 2.63. The Morgan fingerprint density at radius 3 is 2.76 bits per heavy atom. The lowest BCUT2D eigenvalue weighted by atomic mass is 10.1. The maximum absolute atomic E-state index is 10.2. The van der Waals surface area contributed by atoms with E-state index in [4.69, 9.17) is 4.74 Å². The van der Waals surface area contributed by atoms with Crippen molar-refractivity contribution in [3.8, 4) is 16.9 Å². The van der Waals surface area contributed by atoms with Gasteiger partial charge in [-0.1, -0.05) is 36.4 Å². The van der Waals surface area contributed by atoms with Gasteiger partial charge in [-0.05, 0) is 22.8 Å². The standard InChI is InChI=1S/C15H11O2/c16-8-9-17-15-7-3-6-13-12-5-2-1-4-11(12)10-14(13)15/h1-7H,9-10H2. The highest BCUT2D eigenvalue weighted by atomic mass is 16.5. The second kappa shape index (κ2) is 4.06. The molecule has 0 fully saturated rings. The Hall–Kier alpha value is -2.09. The smallest absolute Gasteiger partial charge is 0.239 e. The number of ether oxygens (including phenoxy) is 1. The van der Waals surface area contributed by atoms with Crippen molar-refractivity contribution in [2.24, 2.45) is 0 Å². The fourth-order valence-corrected chi connectivity index (χ4v) is 2.37. The molecule has 0 saturated carbocycles. The molecule has 0 N–H and O–H groups in total. The van der Waals surface area contributed by atoms with E-state index in [2.05, 4.69) is 18.2 Å². The first kappa shape index (κ1) is 10.1. The van der Waals surface area contributed by atoms with Crippen LogP contribution in [0.4, 0.5) is 0 Å². The molecule has 0 amide bonds. The zero-order chi connectivity index (χ0) is 11.7. The van der Waals surface area contributed by atoms with Crippen molar-refractivity contribution in [2.45, 2.75) is 6.42 Å². The fraction of sp³-hybridized carbons (Fsp3) is 0.133. The molecule has 83 valence electrons. The van der Waals surface area contributed by atoms with E-state index in [9.17, 15) is 4.79 Å². The van der Waals surface area contributed by atoms with E-state index in [1.165, 1.54) is 22.3 Å². The van der Waals surface area contributed by atoms with Gasteiger partial charge in [-0.2, -0.15) is 0 Å². The molecule has 1 radical (unpaired) electrons. The summed E-state index contributed by atoms with van der Waals surface area (Å²) in [7, 11) is 0. The van der Waals surface area contributed by atoms with Crippen LogP contribution in [0.1, 0.15) is 11.1 Å². The highest BCUT2D eigenvalue weighted by molar-refractivity contribution is 5.79. The third-order valence-electron chi connectivity index (χ3n) is 3.09. The Labute approximate surface area is 99.9 Å². The molecule has 2 heteroatoms. The third-order valence-corrected chi connectivity index (χ3v) is 3.09. The summed E-state index contributed by atoms with van der Waals surface area (Å²) >= 11 is 0. The molecule has 2 aromatic carbocycles. The van der Waals surface area contributed by atoms with Crippen LogP contribution in [0.25, 0.3) is 11.1 Å². The van der Waals surface area contributed by atoms with Crippen molar-refractivity contribution in [3.05, 3.63) is 53.6 Å². The van der Waals surface area contributed by atoms with Crippen LogP contribution in [-0.2, 0) is 11.2 Å². The SMILES string of the molecule is O=[C]COc1cccc2c1Cc1ccccc1-2. The number of hydrogen-bond donors (Lipinski definition) is 0. The highest BCUT2D eigenvalue weighted by Crippen LogP contribution is 2.40. The van der Waals surface area contributed by atoms with Crippen LogP contribution in [0.3, 0.4) is 0 Å². The van der Waals surface area contributed by atoms with Crippen molar-refractivity contribution in [3.63, 3.8) is 0 Å². The van der Waals surface area contributed by atoms with Gasteiger partial charge < -0.3 is 4.74 Å². The van der Waals surface area contributed by atoms with Crippen molar-refractivity contribution < 1.29 is 9.53 Å². The van der Waals surface area contributed by atoms with E-state index in [1.807, 2.05) is 24.3 Å². The van der Waals surface area contributed by atoms with Crippen molar-refractivity contribution in [1.82, 2.24) is 0 Å². The molecule has 1 aliphatic carbocycles. The average molecular weight is 223 g/mol. The molecule has 3 rings (SSSR count). The molecule has 17 heavy (non-hydrogen) atoms. The lowest BCUT2D eigenvalue weighted by Crippen LogP contribution is -2.00. The van der Waals surface area contributed by atoms with E-state index in [0.29, 0.717) is 0 Å². The molecule has 0 aliphatic heterocycles. The van der Waals surface area contributed by atoms with Gasteiger partial charge in [0.1, 0.15) is 5.75 Å². The van der Waals surface area contributed by atoms with E-state index in [1.54, 1.807) is 6.29 Å². The van der Waals surface area contributed by atoms with Crippen LogP contribution in [0.5, 0.6) is 5.75 Å². The first-order chi connectivity index (χ1) is 8.40. The molecular formula is C15H11O2. The van der Waals surface area contributed by atoms with E-state index >= 15 is 0 Å². The van der Waals surface area contributed by atoms with Gasteiger partial charge in [-0.15, -0.1) is 0 Å². The monoisotopic (exact) mass is 223 g/mol. The molecule has 0 heterocycles. The van der Waals surface area contributed by atoms with Crippen molar-refractivity contribution >= 4 is 6.29 Å². The van der Waals surface area contributed by atoms with Gasteiger partial charge in [-0.25, -0.2) is 0 Å². The van der Waals surface area contributed by atoms with E-state index < -0.39 is 0 Å². The minimum atomic E-state index is -0.00714. The summed E-state index contributed by atoms with van der Waals surface area (Å²) < 4.78 is 5.41. The lowest BCUT2D eigenvalue weighted by molar-refractivity contribution is 0.362. The Morgan fingerprint density at radius 2 is 1.88 bits per heavy atom. The summed E-state index contributed by atoms with van der Waals surface area (Å²) in [5.74, 6) is 0.794. The maximum Gasteiger partial charge on any atom is 0.239 e. The molecule has 0 saturated heterocycles. The van der Waals surface area contributed by atoms with Gasteiger partial charge in [0.15, 0.2) is 6.61 Å². The zero-order valence-electron chi connectivity index (χ0n) is 9.27. The van der Waals surface area contributed by atoms with Crippen LogP contribution in [0, 0.1) is 0 Å². The number of rotatable bonds is 3. The predicted molar refractivity (Wildman–Crippen MR) is 65.9 cm³/mol. The van der Waals surface area contributed by atoms with Crippen LogP contribution in [0.2, 0.25) is 0 Å². The molecule has 0 unspecified atom stereocenters. The maximum atomic E-state index is 10.2. The minimum absolute atomic E-state index is 0.00714. The van der Waals surface area contributed by atoms with Crippen molar-refractivity contribution in [2.75, 3.05) is 6.61 Å². The van der Waals surface area contributed by atoms with Gasteiger partial charge in [0.25, 0.3) is 0 Å². The minimum Gasteiger partial charge on any atom is -0.485 e. The summed E-state index contributed by atoms with van der Waals surface area (Å²) in [6, 6.07) is 14.3. The largest absolute Gasteiger partial charge is 0.485 e. The Balaban J connectivity index is 2.07. The van der Waals surface area contributed by atoms with Gasteiger partial charge in [-0.3, -0.25) is 4.79 Å². The van der Waals surface area contributed by atoms with Gasteiger partial charge in [0, 0.05) is 12.0 Å². The number of carbonyl (C=O) groups excluding carboxylic acids is 1. The van der Waals surface area contributed by atoms with Gasteiger partial charge >= 0.3 is 0 Å². The van der Waals surface area contributed by atoms with Crippen LogP contribution < -0.4 is 4.74 Å². The summed E-state index contributed by atoms with van der Waals surface area (Å²) in [4.78, 5) is 10.2. The lowest BCUT2D eigenvalue weighted by Gasteiger charge is -2.07. The fourth-order valence-electron chi connectivity index (χ4n) is 2.37. The number of fused-ring (bicyclic) bond motifs is 3. The average Bonchev–Trinajstić information content (AvgIpc) is 2.75. The Morgan fingerprint density at radius 1 is 1.06 bits per heavy atom. The number of hydrogen-bond acceptors (Lipinski definition) is 2. The molecule has 0 spiro atoms. The van der Waals surface area contributed by atoms with Crippen LogP contribution in [-0.4, -0.2) is 12.9 Å². The first-order valence-electron chi connectivity index (χ1n) is 5.58. The molecule has 0 atom stereocenters. The summed E-state index contributed by atoms with van der Waals surface area (Å²) in [5, 5.41) is 0. The van der Waals surface area contributed by atoms with Crippen LogP contribution >= 0.6 is 0 Å². The molecule has 2 aromatic rings. The molecule has 0 aromatic heterocycles. The topological polar surface area (TPSA) is 26.3 Å². The van der Waals surface area contributed by atoms with E-state index in [-0.39, 0.29) is 6.61 Å². The second-order valence-electron chi connectivity index (χ2n) is 4.05. The predicted octanol–water partition coefficient (Wildman–Crippen LogP) is 2.75. The molecule has 2 nitrogen and oxygen atoms in total. The van der Waals surface area contributed by atoms with E-state index in [0.717, 1.165) is 12.2 Å². The third kappa shape index (κ3) is 1.62.